The normalized spacial score (nSPS) is 12.8. The molecule has 6 nitrogen and oxygen atoms in total. The van der Waals surface area contributed by atoms with Gasteiger partial charge in [0.2, 0.25) is 5.95 Å². The Hall–Kier alpha value is -3.15. The molecular weight excluding hydrogens is 324 g/mol. The second-order valence-corrected chi connectivity index (χ2v) is 6.62. The number of hydrogen-bond donors (Lipinski definition) is 1. The van der Waals surface area contributed by atoms with Crippen molar-refractivity contribution >= 4 is 17.5 Å². The quantitative estimate of drug-likeness (QED) is 0.766. The monoisotopic (exact) mass is 346 g/mol. The van der Waals surface area contributed by atoms with Gasteiger partial charge in [-0.25, -0.2) is 4.98 Å². The number of nitrogens with one attached hydrogen (secondary N) is 1. The molecule has 2 aromatic heterocycles. The third-order valence-electron chi connectivity index (χ3n) is 4.55. The number of fused-ring (bicyclic) bond motifs is 1. The van der Waals surface area contributed by atoms with Gasteiger partial charge in [-0.1, -0.05) is 24.3 Å². The lowest BCUT2D eigenvalue weighted by Gasteiger charge is -2.17. The van der Waals surface area contributed by atoms with Crippen LogP contribution in [0, 0.1) is 0 Å². The highest BCUT2D eigenvalue weighted by atomic mass is 15.2. The lowest BCUT2D eigenvalue weighted by molar-refractivity contribution is 0.849. The average Bonchev–Trinajstić information content (AvgIpc) is 3.11. The second kappa shape index (κ2) is 7.00. The Morgan fingerprint density at radius 1 is 1.00 bits per heavy atom. The highest BCUT2D eigenvalue weighted by molar-refractivity contribution is 5.49. The predicted molar refractivity (Wildman–Crippen MR) is 104 cm³/mol. The van der Waals surface area contributed by atoms with E-state index in [0.717, 1.165) is 30.3 Å². The van der Waals surface area contributed by atoms with E-state index >= 15 is 0 Å². The largest absolute Gasteiger partial charge is 0.378 e. The number of aromatic nitrogens is 3. The predicted octanol–water partition coefficient (Wildman–Crippen LogP) is 3.07. The summed E-state index contributed by atoms with van der Waals surface area (Å²) in [6.45, 7) is 2.36. The highest BCUT2D eigenvalue weighted by Gasteiger charge is 2.19. The molecule has 3 aromatic rings. The number of nitrogens with zero attached hydrogens (tertiary/aromatic N) is 5. The lowest BCUT2D eigenvalue weighted by atomic mass is 10.1. The maximum absolute atomic E-state index is 4.68. The summed E-state index contributed by atoms with van der Waals surface area (Å²) in [4.78, 5) is 17.8. The molecule has 1 aromatic carbocycles. The molecule has 0 aliphatic carbocycles. The minimum absolute atomic E-state index is 0.589. The van der Waals surface area contributed by atoms with Gasteiger partial charge in [-0.05, 0) is 29.3 Å². The number of pyridine rings is 1. The van der Waals surface area contributed by atoms with E-state index in [2.05, 4.69) is 60.4 Å². The summed E-state index contributed by atoms with van der Waals surface area (Å²) in [6.07, 6.45) is 3.63. The molecular formula is C20H22N6. The smallest absolute Gasteiger partial charge is 0.224 e. The SMILES string of the molecule is CN(C)c1ccnc(CNc2nccc(N3Cc4ccccc4C3)n2)c1. The Balaban J connectivity index is 1.45. The second-order valence-electron chi connectivity index (χ2n) is 6.62. The van der Waals surface area contributed by atoms with Crippen LogP contribution in [-0.2, 0) is 19.6 Å². The van der Waals surface area contributed by atoms with E-state index in [1.165, 1.54) is 11.1 Å². The summed E-state index contributed by atoms with van der Waals surface area (Å²) >= 11 is 0. The average molecular weight is 346 g/mol. The van der Waals surface area contributed by atoms with Gasteiger partial charge in [-0.15, -0.1) is 0 Å². The van der Waals surface area contributed by atoms with Gasteiger partial charge in [0.05, 0.1) is 12.2 Å². The van der Waals surface area contributed by atoms with Gasteiger partial charge in [-0.3, -0.25) is 4.98 Å². The molecule has 0 radical (unpaired) electrons. The number of benzene rings is 1. The maximum atomic E-state index is 4.68. The Bertz CT molecular complexity index is 883. The van der Waals surface area contributed by atoms with Gasteiger partial charge in [-0.2, -0.15) is 4.98 Å². The molecule has 4 rings (SSSR count). The fraction of sp³-hybridized carbons (Fsp3) is 0.250. The molecule has 0 fully saturated rings. The molecule has 6 heteroatoms. The van der Waals surface area contributed by atoms with Crippen molar-refractivity contribution in [1.82, 2.24) is 15.0 Å². The molecule has 132 valence electrons. The van der Waals surface area contributed by atoms with Crippen LogP contribution in [0.4, 0.5) is 17.5 Å². The zero-order chi connectivity index (χ0) is 17.9. The van der Waals surface area contributed by atoms with Crippen LogP contribution in [0.25, 0.3) is 0 Å². The van der Waals surface area contributed by atoms with Crippen LogP contribution in [0.1, 0.15) is 16.8 Å². The maximum Gasteiger partial charge on any atom is 0.224 e. The fourth-order valence-corrected chi connectivity index (χ4v) is 3.12. The van der Waals surface area contributed by atoms with Gasteiger partial charge in [0.25, 0.3) is 0 Å². The molecule has 0 spiro atoms. The topological polar surface area (TPSA) is 57.2 Å². The zero-order valence-electron chi connectivity index (χ0n) is 15.1. The Morgan fingerprint density at radius 3 is 2.46 bits per heavy atom. The van der Waals surface area contributed by atoms with Crippen LogP contribution in [0.2, 0.25) is 0 Å². The first-order valence-electron chi connectivity index (χ1n) is 8.70. The Labute approximate surface area is 153 Å². The molecule has 0 saturated carbocycles. The van der Waals surface area contributed by atoms with Crippen molar-refractivity contribution in [2.24, 2.45) is 0 Å². The first-order valence-corrected chi connectivity index (χ1v) is 8.70. The fourth-order valence-electron chi connectivity index (χ4n) is 3.12. The summed E-state index contributed by atoms with van der Waals surface area (Å²) in [7, 11) is 4.04. The van der Waals surface area contributed by atoms with Crippen molar-refractivity contribution in [3.8, 4) is 0 Å². The molecule has 1 N–H and O–H groups in total. The summed E-state index contributed by atoms with van der Waals surface area (Å²) in [5.41, 5.74) is 4.82. The van der Waals surface area contributed by atoms with E-state index in [0.29, 0.717) is 12.5 Å². The van der Waals surface area contributed by atoms with Gasteiger partial charge < -0.3 is 15.1 Å². The van der Waals surface area contributed by atoms with E-state index < -0.39 is 0 Å². The van der Waals surface area contributed by atoms with Crippen molar-refractivity contribution < 1.29 is 0 Å². The summed E-state index contributed by atoms with van der Waals surface area (Å²) in [5, 5.41) is 3.28. The first-order chi connectivity index (χ1) is 12.7. The van der Waals surface area contributed by atoms with Crippen molar-refractivity contribution in [3.63, 3.8) is 0 Å². The Morgan fingerprint density at radius 2 is 1.73 bits per heavy atom. The number of anilines is 3. The highest BCUT2D eigenvalue weighted by Crippen LogP contribution is 2.26. The van der Waals surface area contributed by atoms with E-state index in [4.69, 9.17) is 0 Å². The third kappa shape index (κ3) is 3.44. The lowest BCUT2D eigenvalue weighted by Crippen LogP contribution is -2.17. The summed E-state index contributed by atoms with van der Waals surface area (Å²) < 4.78 is 0. The van der Waals surface area contributed by atoms with Crippen molar-refractivity contribution in [2.45, 2.75) is 19.6 Å². The van der Waals surface area contributed by atoms with E-state index in [-0.39, 0.29) is 0 Å². The molecule has 0 atom stereocenters. The summed E-state index contributed by atoms with van der Waals surface area (Å²) in [5.74, 6) is 1.56. The van der Waals surface area contributed by atoms with Gasteiger partial charge in [0.1, 0.15) is 5.82 Å². The Kier molecular flexibility index (Phi) is 4.39. The van der Waals surface area contributed by atoms with Crippen LogP contribution in [0.5, 0.6) is 0 Å². The molecule has 26 heavy (non-hydrogen) atoms. The van der Waals surface area contributed by atoms with Crippen LogP contribution < -0.4 is 15.1 Å². The molecule has 0 bridgehead atoms. The van der Waals surface area contributed by atoms with Gasteiger partial charge in [0, 0.05) is 45.3 Å². The first kappa shape index (κ1) is 16.3. The van der Waals surface area contributed by atoms with Crippen molar-refractivity contribution in [1.29, 1.82) is 0 Å². The van der Waals surface area contributed by atoms with Crippen LogP contribution in [0.15, 0.2) is 54.9 Å². The van der Waals surface area contributed by atoms with E-state index in [9.17, 15) is 0 Å². The van der Waals surface area contributed by atoms with E-state index in [1.807, 2.05) is 32.4 Å². The van der Waals surface area contributed by atoms with Crippen molar-refractivity contribution in [2.75, 3.05) is 29.2 Å². The van der Waals surface area contributed by atoms with Crippen LogP contribution >= 0.6 is 0 Å². The molecule has 0 amide bonds. The minimum atomic E-state index is 0.589. The number of rotatable bonds is 5. The van der Waals surface area contributed by atoms with E-state index in [1.54, 1.807) is 6.20 Å². The standard InChI is InChI=1S/C20H22N6/c1-25(2)18-7-9-21-17(11-18)12-23-20-22-10-8-19(24-20)26-13-15-5-3-4-6-16(15)14-26/h3-11H,12-14H2,1-2H3,(H,22,23,24). The molecule has 3 heterocycles. The minimum Gasteiger partial charge on any atom is -0.378 e. The summed E-state index contributed by atoms with van der Waals surface area (Å²) in [6, 6.07) is 14.5. The molecule has 0 saturated heterocycles. The zero-order valence-corrected chi connectivity index (χ0v) is 15.1. The number of hydrogen-bond acceptors (Lipinski definition) is 6. The van der Waals surface area contributed by atoms with Crippen LogP contribution in [-0.4, -0.2) is 29.0 Å². The van der Waals surface area contributed by atoms with Gasteiger partial charge in [0.15, 0.2) is 0 Å². The van der Waals surface area contributed by atoms with Crippen LogP contribution in [0.3, 0.4) is 0 Å². The molecule has 1 aliphatic rings. The molecule has 1 aliphatic heterocycles. The van der Waals surface area contributed by atoms with Gasteiger partial charge >= 0.3 is 0 Å². The van der Waals surface area contributed by atoms with Crippen molar-refractivity contribution in [3.05, 3.63) is 71.7 Å². The third-order valence-corrected chi connectivity index (χ3v) is 4.55. The molecule has 0 unspecified atom stereocenters.